The van der Waals surface area contributed by atoms with E-state index in [1.165, 1.54) is 18.2 Å². The third kappa shape index (κ3) is 7.50. The van der Waals surface area contributed by atoms with Crippen molar-refractivity contribution in [3.8, 4) is 0 Å². The molecule has 0 aliphatic carbocycles. The number of carbonyl (C=O) groups is 2. The van der Waals surface area contributed by atoms with Crippen LogP contribution < -0.4 is 10.6 Å². The highest BCUT2D eigenvalue weighted by Crippen LogP contribution is 2.36. The van der Waals surface area contributed by atoms with E-state index in [0.29, 0.717) is 29.1 Å². The molecular weight excluding hydrogens is 559 g/mol. The number of benzene rings is 3. The van der Waals surface area contributed by atoms with Gasteiger partial charge in [-0.15, -0.1) is 0 Å². The molecule has 0 heterocycles. The summed E-state index contributed by atoms with van der Waals surface area (Å²) in [4.78, 5) is 21.2. The summed E-state index contributed by atoms with van der Waals surface area (Å²) in [5.74, 6) is -1.48. The van der Waals surface area contributed by atoms with Crippen molar-refractivity contribution in [2.75, 3.05) is 12.4 Å². The van der Waals surface area contributed by atoms with E-state index in [1.807, 2.05) is 19.1 Å². The Hall–Kier alpha value is -2.98. The van der Waals surface area contributed by atoms with Gasteiger partial charge in [-0.2, -0.15) is 13.2 Å². The topological polar surface area (TPSA) is 58.2 Å². The lowest BCUT2D eigenvalue weighted by atomic mass is 9.93. The Labute approximate surface area is 211 Å². The van der Waals surface area contributed by atoms with Crippen LogP contribution in [-0.4, -0.2) is 19.7 Å². The van der Waals surface area contributed by atoms with Crippen molar-refractivity contribution in [1.82, 2.24) is 5.32 Å². The summed E-state index contributed by atoms with van der Waals surface area (Å²) in [5, 5.41) is 6.22. The Balaban J connectivity index is 0.000000283. The van der Waals surface area contributed by atoms with Crippen LogP contribution in [0.4, 0.5) is 27.6 Å². The highest BCUT2D eigenvalue weighted by molar-refractivity contribution is 9.10. The fourth-order valence-corrected chi connectivity index (χ4v) is 4.12. The summed E-state index contributed by atoms with van der Waals surface area (Å²) >= 11 is 9.65. The van der Waals surface area contributed by atoms with Crippen LogP contribution in [0.5, 0.6) is 0 Å². The second-order valence-corrected chi connectivity index (χ2v) is 8.53. The lowest BCUT2D eigenvalue weighted by Gasteiger charge is -2.24. The number of rotatable bonds is 6. The molecule has 0 radical (unpaired) electrons. The number of amides is 1. The molecule has 2 N–H and O–H groups in total. The number of aryl methyl sites for hydroxylation is 1. The summed E-state index contributed by atoms with van der Waals surface area (Å²) in [7, 11) is 1.79. The molecule has 0 fully saturated rings. The van der Waals surface area contributed by atoms with E-state index in [4.69, 9.17) is 11.6 Å². The molecule has 0 aliphatic rings. The van der Waals surface area contributed by atoms with Gasteiger partial charge in [0.05, 0.1) is 11.6 Å². The van der Waals surface area contributed by atoms with Gasteiger partial charge in [-0.05, 0) is 61.0 Å². The first-order valence-electron chi connectivity index (χ1n) is 9.86. The minimum Gasteiger partial charge on any atom is -0.388 e. The Morgan fingerprint density at radius 1 is 1.00 bits per heavy atom. The molecule has 1 unspecified atom stereocenters. The maximum Gasteiger partial charge on any atom is 0.416 e. The van der Waals surface area contributed by atoms with Gasteiger partial charge in [0.25, 0.3) is 0 Å². The molecule has 3 rings (SSSR count). The molecule has 4 nitrogen and oxygen atoms in total. The number of aldehydes is 1. The fraction of sp³-hybridized carbons (Fsp3) is 0.167. The van der Waals surface area contributed by atoms with Gasteiger partial charge in [0.1, 0.15) is 17.9 Å². The first-order valence-corrected chi connectivity index (χ1v) is 11.0. The second kappa shape index (κ2) is 12.1. The summed E-state index contributed by atoms with van der Waals surface area (Å²) < 4.78 is 63.0. The van der Waals surface area contributed by atoms with E-state index >= 15 is 0 Å². The third-order valence-electron chi connectivity index (χ3n) is 4.80. The normalized spacial score (nSPS) is 11.7. The monoisotopic (exact) mass is 576 g/mol. The van der Waals surface area contributed by atoms with E-state index in [2.05, 4.69) is 26.6 Å². The molecule has 0 saturated heterocycles. The van der Waals surface area contributed by atoms with Crippen molar-refractivity contribution in [1.29, 1.82) is 0 Å². The maximum absolute atomic E-state index is 13.6. The molecule has 0 aromatic heterocycles. The van der Waals surface area contributed by atoms with Crippen molar-refractivity contribution in [2.45, 2.75) is 19.1 Å². The van der Waals surface area contributed by atoms with E-state index in [-0.39, 0.29) is 11.8 Å². The standard InChI is InChI=1S/C16H15BrClFN2O.C8H4F4O/c1-9-5-10(17)6-14(20-2)15(9)16(21-8-22)12-7-11(19)3-4-13(12)18;9-7-2-5(4-13)1-6(3-7)8(10,11)12/h3-8,16,20H,1-2H3,(H,21,22);1-4H. The Bertz CT molecular complexity index is 1220. The average Bonchev–Trinajstić information content (AvgIpc) is 2.78. The molecule has 0 spiro atoms. The molecule has 0 saturated carbocycles. The average molecular weight is 578 g/mol. The van der Waals surface area contributed by atoms with Crippen molar-refractivity contribution in [2.24, 2.45) is 0 Å². The quantitative estimate of drug-likeness (QED) is 0.243. The lowest BCUT2D eigenvalue weighted by Crippen LogP contribution is -2.23. The van der Waals surface area contributed by atoms with Crippen LogP contribution in [0.3, 0.4) is 0 Å². The zero-order valence-corrected chi connectivity index (χ0v) is 20.7. The van der Waals surface area contributed by atoms with Crippen molar-refractivity contribution < 1.29 is 31.5 Å². The predicted molar refractivity (Wildman–Crippen MR) is 128 cm³/mol. The number of alkyl halides is 3. The minimum absolute atomic E-state index is 0.165. The SMILES string of the molecule is CNc1cc(Br)cc(C)c1C(NC=O)c1cc(F)ccc1Cl.O=Cc1cc(F)cc(C(F)(F)F)c1. The van der Waals surface area contributed by atoms with E-state index in [0.717, 1.165) is 27.4 Å². The molecule has 1 amide bonds. The summed E-state index contributed by atoms with van der Waals surface area (Å²) in [5.41, 5.74) is 1.63. The first kappa shape index (κ1) is 28.3. The number of halogens is 7. The van der Waals surface area contributed by atoms with Gasteiger partial charge >= 0.3 is 6.18 Å². The highest BCUT2D eigenvalue weighted by Gasteiger charge is 2.31. The summed E-state index contributed by atoms with van der Waals surface area (Å²) in [6, 6.07) is 9.07. The van der Waals surface area contributed by atoms with Gasteiger partial charge in [0, 0.05) is 38.9 Å². The zero-order chi connectivity index (χ0) is 26.3. The van der Waals surface area contributed by atoms with Gasteiger partial charge in [-0.25, -0.2) is 8.78 Å². The van der Waals surface area contributed by atoms with Crippen LogP contribution in [0.1, 0.15) is 38.7 Å². The number of hydrogen-bond donors (Lipinski definition) is 2. The molecule has 11 heteroatoms. The molecule has 1 atom stereocenters. The van der Waals surface area contributed by atoms with Crippen LogP contribution in [0.2, 0.25) is 5.02 Å². The lowest BCUT2D eigenvalue weighted by molar-refractivity contribution is -0.137. The molecule has 35 heavy (non-hydrogen) atoms. The van der Waals surface area contributed by atoms with Gasteiger partial charge in [0.2, 0.25) is 6.41 Å². The van der Waals surface area contributed by atoms with Gasteiger partial charge in [-0.1, -0.05) is 27.5 Å². The van der Waals surface area contributed by atoms with E-state index in [9.17, 15) is 31.5 Å². The Kier molecular flexibility index (Phi) is 9.79. The Morgan fingerprint density at radius 2 is 1.69 bits per heavy atom. The first-order chi connectivity index (χ1) is 16.4. The molecule has 0 aliphatic heterocycles. The highest BCUT2D eigenvalue weighted by atomic mass is 79.9. The van der Waals surface area contributed by atoms with E-state index < -0.39 is 29.4 Å². The second-order valence-electron chi connectivity index (χ2n) is 7.21. The fourth-order valence-electron chi connectivity index (χ4n) is 3.32. The van der Waals surface area contributed by atoms with Gasteiger partial charge in [-0.3, -0.25) is 9.59 Å². The van der Waals surface area contributed by atoms with Crippen LogP contribution in [0.15, 0.2) is 53.0 Å². The molecular formula is C24H19BrClF5N2O2. The third-order valence-corrected chi connectivity index (χ3v) is 5.60. The smallest absolute Gasteiger partial charge is 0.388 e. The molecule has 3 aromatic rings. The molecule has 3 aromatic carbocycles. The number of anilines is 1. The molecule has 0 bridgehead atoms. The number of nitrogens with one attached hydrogen (secondary N) is 2. The van der Waals surface area contributed by atoms with Crippen molar-refractivity contribution >= 4 is 45.9 Å². The number of hydrogen-bond acceptors (Lipinski definition) is 3. The van der Waals surface area contributed by atoms with Crippen molar-refractivity contribution in [3.05, 3.63) is 97.5 Å². The van der Waals surface area contributed by atoms with Gasteiger partial charge in [0.15, 0.2) is 0 Å². The van der Waals surface area contributed by atoms with Gasteiger partial charge < -0.3 is 10.6 Å². The van der Waals surface area contributed by atoms with Crippen molar-refractivity contribution in [3.63, 3.8) is 0 Å². The summed E-state index contributed by atoms with van der Waals surface area (Å²) in [6.07, 6.45) is -3.87. The largest absolute Gasteiger partial charge is 0.416 e. The van der Waals surface area contributed by atoms with Crippen LogP contribution >= 0.6 is 27.5 Å². The predicted octanol–water partition coefficient (Wildman–Crippen LogP) is 7.08. The molecule has 186 valence electrons. The Morgan fingerprint density at radius 3 is 2.26 bits per heavy atom. The van der Waals surface area contributed by atoms with Crippen LogP contribution in [-0.2, 0) is 11.0 Å². The maximum atomic E-state index is 13.6. The number of carbonyl (C=O) groups excluding carboxylic acids is 2. The van der Waals surface area contributed by atoms with E-state index in [1.54, 1.807) is 7.05 Å². The van der Waals surface area contributed by atoms with Crippen LogP contribution in [0.25, 0.3) is 0 Å². The zero-order valence-electron chi connectivity index (χ0n) is 18.3. The summed E-state index contributed by atoms with van der Waals surface area (Å²) in [6.45, 7) is 1.92. The van der Waals surface area contributed by atoms with Crippen LogP contribution in [0, 0.1) is 18.6 Å². The minimum atomic E-state index is -4.63.